The van der Waals surface area contributed by atoms with E-state index in [0.29, 0.717) is 6.61 Å². The molecule has 0 aromatic carbocycles. The molecule has 3 N–H and O–H groups in total. The monoisotopic (exact) mass is 343 g/mol. The van der Waals surface area contributed by atoms with Crippen LogP contribution in [0.15, 0.2) is 0 Å². The lowest BCUT2D eigenvalue weighted by atomic mass is 9.87. The molecular formula is C21H45NO2. The van der Waals surface area contributed by atoms with Crippen LogP contribution in [0, 0.1) is 5.41 Å². The number of hydrogen-bond acceptors (Lipinski definition) is 3. The Morgan fingerprint density at radius 3 is 1.54 bits per heavy atom. The van der Waals surface area contributed by atoms with Crippen molar-refractivity contribution in [3.63, 3.8) is 0 Å². The average Bonchev–Trinajstić information content (AvgIpc) is 2.53. The molecule has 0 rings (SSSR count). The summed E-state index contributed by atoms with van der Waals surface area (Å²) < 4.78 is 5.27. The van der Waals surface area contributed by atoms with E-state index in [1.54, 1.807) is 0 Å². The first-order valence-corrected chi connectivity index (χ1v) is 10.2. The third-order valence-corrected chi connectivity index (χ3v) is 4.65. The van der Waals surface area contributed by atoms with E-state index < -0.39 is 0 Å². The van der Waals surface area contributed by atoms with Crippen LogP contribution in [-0.4, -0.2) is 12.6 Å². The van der Waals surface area contributed by atoms with Gasteiger partial charge in [-0.05, 0) is 26.7 Å². The van der Waals surface area contributed by atoms with Gasteiger partial charge in [0.2, 0.25) is 0 Å². The summed E-state index contributed by atoms with van der Waals surface area (Å²) >= 11 is 0. The summed E-state index contributed by atoms with van der Waals surface area (Å²) in [6.07, 6.45) is 18.1. The Balaban J connectivity index is 0. The third-order valence-electron chi connectivity index (χ3n) is 4.65. The lowest BCUT2D eigenvalue weighted by Crippen LogP contribution is -2.26. The number of esters is 1. The minimum Gasteiger partial charge on any atom is -0.465 e. The second-order valence-electron chi connectivity index (χ2n) is 7.66. The van der Waals surface area contributed by atoms with Crippen molar-refractivity contribution in [3.8, 4) is 0 Å². The molecule has 0 atom stereocenters. The van der Waals surface area contributed by atoms with E-state index in [-0.39, 0.29) is 17.5 Å². The molecule has 0 spiro atoms. The topological polar surface area (TPSA) is 61.3 Å². The summed E-state index contributed by atoms with van der Waals surface area (Å²) in [5.74, 6) is -0.0255. The zero-order valence-electron chi connectivity index (χ0n) is 17.1. The summed E-state index contributed by atoms with van der Waals surface area (Å²) in [4.78, 5) is 11.9. The van der Waals surface area contributed by atoms with Gasteiger partial charge in [-0.2, -0.15) is 0 Å². The predicted octanol–water partition coefficient (Wildman–Crippen LogP) is 7.22. The Morgan fingerprint density at radius 1 is 0.708 bits per heavy atom. The van der Waals surface area contributed by atoms with Crippen LogP contribution in [0.25, 0.3) is 0 Å². The van der Waals surface area contributed by atoms with E-state index in [1.165, 1.54) is 70.6 Å². The van der Waals surface area contributed by atoms with Crippen LogP contribution < -0.4 is 6.15 Å². The maximum Gasteiger partial charge on any atom is 0.311 e. The van der Waals surface area contributed by atoms with Gasteiger partial charge in [0.1, 0.15) is 0 Å². The molecule has 0 radical (unpaired) electrons. The fraction of sp³-hybridized carbons (Fsp3) is 0.952. The second-order valence-corrected chi connectivity index (χ2v) is 7.66. The van der Waals surface area contributed by atoms with Crippen molar-refractivity contribution in [2.24, 2.45) is 5.41 Å². The summed E-state index contributed by atoms with van der Waals surface area (Å²) in [6, 6.07) is 0. The molecule has 0 saturated carbocycles. The van der Waals surface area contributed by atoms with Crippen molar-refractivity contribution in [2.75, 3.05) is 6.61 Å². The quantitative estimate of drug-likeness (QED) is 0.238. The fourth-order valence-corrected chi connectivity index (χ4v) is 2.90. The molecule has 146 valence electrons. The van der Waals surface area contributed by atoms with Crippen LogP contribution in [0.5, 0.6) is 0 Å². The van der Waals surface area contributed by atoms with Crippen LogP contribution in [0.3, 0.4) is 0 Å². The Kier molecular flexibility index (Phi) is 18.5. The number of rotatable bonds is 16. The number of unbranched alkanes of at least 4 members (excludes halogenated alkanes) is 11. The highest BCUT2D eigenvalue weighted by atomic mass is 16.5. The van der Waals surface area contributed by atoms with Crippen LogP contribution in [-0.2, 0) is 9.53 Å². The molecule has 0 unspecified atom stereocenters. The highest BCUT2D eigenvalue weighted by molar-refractivity contribution is 5.75. The average molecular weight is 344 g/mol. The van der Waals surface area contributed by atoms with E-state index in [4.69, 9.17) is 4.74 Å². The van der Waals surface area contributed by atoms with Crippen LogP contribution >= 0.6 is 0 Å². The Bertz CT molecular complexity index is 277. The second kappa shape index (κ2) is 17.3. The fourth-order valence-electron chi connectivity index (χ4n) is 2.90. The maximum atomic E-state index is 11.9. The van der Waals surface area contributed by atoms with Gasteiger partial charge in [0.15, 0.2) is 0 Å². The highest BCUT2D eigenvalue weighted by Gasteiger charge is 2.28. The Morgan fingerprint density at radius 2 is 1.12 bits per heavy atom. The zero-order valence-corrected chi connectivity index (χ0v) is 17.1. The lowest BCUT2D eigenvalue weighted by Gasteiger charge is -2.22. The normalized spacial score (nSPS) is 11.2. The van der Waals surface area contributed by atoms with Crippen LogP contribution in [0.2, 0.25) is 0 Å². The first-order valence-electron chi connectivity index (χ1n) is 10.2. The van der Waals surface area contributed by atoms with E-state index >= 15 is 0 Å². The number of hydrogen-bond donors (Lipinski definition) is 1. The van der Waals surface area contributed by atoms with Gasteiger partial charge >= 0.3 is 5.97 Å². The maximum absolute atomic E-state index is 11.9. The van der Waals surface area contributed by atoms with E-state index in [0.717, 1.165) is 19.3 Å². The molecule has 0 aliphatic heterocycles. The van der Waals surface area contributed by atoms with Crippen LogP contribution in [0.4, 0.5) is 0 Å². The van der Waals surface area contributed by atoms with Crippen molar-refractivity contribution in [2.45, 2.75) is 118 Å². The molecule has 0 aromatic heterocycles. The SMILES string of the molecule is CCCCCCCCCCCCCCC(C)(C)C(=O)OCCC.N. The first kappa shape index (κ1) is 25.7. The highest BCUT2D eigenvalue weighted by Crippen LogP contribution is 2.26. The first-order chi connectivity index (χ1) is 11.0. The minimum atomic E-state index is -0.312. The van der Waals surface area contributed by atoms with Gasteiger partial charge in [0, 0.05) is 0 Å². The van der Waals surface area contributed by atoms with E-state index in [9.17, 15) is 4.79 Å². The predicted molar refractivity (Wildman–Crippen MR) is 106 cm³/mol. The smallest absolute Gasteiger partial charge is 0.311 e. The molecule has 0 saturated heterocycles. The molecule has 24 heavy (non-hydrogen) atoms. The molecule has 0 aliphatic carbocycles. The summed E-state index contributed by atoms with van der Waals surface area (Å²) in [7, 11) is 0. The van der Waals surface area contributed by atoms with E-state index in [2.05, 4.69) is 6.92 Å². The van der Waals surface area contributed by atoms with Gasteiger partial charge in [-0.15, -0.1) is 0 Å². The van der Waals surface area contributed by atoms with Crippen molar-refractivity contribution in [1.29, 1.82) is 0 Å². The van der Waals surface area contributed by atoms with Crippen molar-refractivity contribution < 1.29 is 9.53 Å². The molecule has 3 nitrogen and oxygen atoms in total. The van der Waals surface area contributed by atoms with Gasteiger partial charge in [-0.3, -0.25) is 4.79 Å². The summed E-state index contributed by atoms with van der Waals surface area (Å²) in [5.41, 5.74) is -0.312. The molecule has 0 aromatic rings. The molecule has 0 bridgehead atoms. The summed E-state index contributed by atoms with van der Waals surface area (Å²) in [6.45, 7) is 8.90. The molecule has 0 aliphatic rings. The van der Waals surface area contributed by atoms with Crippen molar-refractivity contribution in [3.05, 3.63) is 0 Å². The standard InChI is InChI=1S/C21H42O2.H3N/c1-5-7-8-9-10-11-12-13-14-15-16-17-18-21(3,4)20(22)23-19-6-2;/h5-19H2,1-4H3;1H3. The zero-order chi connectivity index (χ0) is 17.4. The van der Waals surface area contributed by atoms with E-state index in [1.807, 2.05) is 20.8 Å². The molecule has 0 amide bonds. The number of carbonyl (C=O) groups excluding carboxylic acids is 1. The van der Waals surface area contributed by atoms with Crippen molar-refractivity contribution in [1.82, 2.24) is 6.15 Å². The lowest BCUT2D eigenvalue weighted by molar-refractivity contribution is -0.154. The van der Waals surface area contributed by atoms with Gasteiger partial charge < -0.3 is 10.9 Å². The molecular weight excluding hydrogens is 298 g/mol. The van der Waals surface area contributed by atoms with Gasteiger partial charge in [-0.1, -0.05) is 90.9 Å². The molecule has 0 fully saturated rings. The largest absolute Gasteiger partial charge is 0.465 e. The van der Waals surface area contributed by atoms with Gasteiger partial charge in [-0.25, -0.2) is 0 Å². The van der Waals surface area contributed by atoms with Crippen molar-refractivity contribution >= 4 is 5.97 Å². The molecule has 3 heteroatoms. The van der Waals surface area contributed by atoms with Gasteiger partial charge in [0.25, 0.3) is 0 Å². The summed E-state index contributed by atoms with van der Waals surface area (Å²) in [5, 5.41) is 0. The van der Waals surface area contributed by atoms with Gasteiger partial charge in [0.05, 0.1) is 12.0 Å². The third kappa shape index (κ3) is 15.0. The number of carbonyl (C=O) groups is 1. The number of ether oxygens (including phenoxy) is 1. The minimum absolute atomic E-state index is 0. The van der Waals surface area contributed by atoms with Crippen LogP contribution in [0.1, 0.15) is 118 Å². The Labute approximate surface area is 151 Å². The Hall–Kier alpha value is -0.570. The molecule has 0 heterocycles.